The maximum Gasteiger partial charge on any atom is 0.435 e. The number of carbonyl (C=O) groups excluding carboxylic acids is 2. The zero-order chi connectivity index (χ0) is 20.9. The second-order valence-electron chi connectivity index (χ2n) is 8.40. The third-order valence-electron chi connectivity index (χ3n) is 3.51. The van der Waals surface area contributed by atoms with Crippen LogP contribution in [-0.4, -0.2) is 54.7 Å². The first-order valence-corrected chi connectivity index (χ1v) is 9.26. The van der Waals surface area contributed by atoms with Gasteiger partial charge >= 0.3 is 12.2 Å². The van der Waals surface area contributed by atoms with Crippen molar-refractivity contribution in [1.82, 2.24) is 10.4 Å². The molecule has 1 aromatic rings. The molecule has 28 heavy (non-hydrogen) atoms. The van der Waals surface area contributed by atoms with Crippen molar-refractivity contribution in [2.75, 3.05) is 36.2 Å². The van der Waals surface area contributed by atoms with Gasteiger partial charge in [0.25, 0.3) is 0 Å². The first-order valence-electron chi connectivity index (χ1n) is 9.26. The summed E-state index contributed by atoms with van der Waals surface area (Å²) in [5, 5.41) is 0.962. The van der Waals surface area contributed by atoms with E-state index in [1.807, 2.05) is 6.07 Å². The van der Waals surface area contributed by atoms with E-state index in [9.17, 15) is 9.59 Å². The number of carbonyl (C=O) groups is 2. The monoisotopic (exact) mass is 394 g/mol. The molecule has 0 aliphatic carbocycles. The fraction of sp³-hybridized carbons (Fsp3) is 0.632. The normalized spacial score (nSPS) is 15.0. The lowest BCUT2D eigenvalue weighted by Crippen LogP contribution is -2.50. The Kier molecular flexibility index (Phi) is 6.71. The Morgan fingerprint density at radius 1 is 1.11 bits per heavy atom. The van der Waals surface area contributed by atoms with Crippen LogP contribution in [0.15, 0.2) is 18.3 Å². The number of pyridine rings is 1. The zero-order valence-corrected chi connectivity index (χ0v) is 17.4. The van der Waals surface area contributed by atoms with Gasteiger partial charge < -0.3 is 19.1 Å². The number of amides is 2. The number of hydrazine groups is 1. The van der Waals surface area contributed by atoms with Gasteiger partial charge in [0.15, 0.2) is 5.82 Å². The van der Waals surface area contributed by atoms with Crippen molar-refractivity contribution in [2.45, 2.75) is 52.7 Å². The van der Waals surface area contributed by atoms with Crippen molar-refractivity contribution in [3.63, 3.8) is 0 Å². The summed E-state index contributed by atoms with van der Waals surface area (Å²) < 4.78 is 16.1. The van der Waals surface area contributed by atoms with Gasteiger partial charge in [-0.05, 0) is 47.6 Å². The van der Waals surface area contributed by atoms with E-state index in [0.717, 1.165) is 23.8 Å². The van der Waals surface area contributed by atoms with Crippen molar-refractivity contribution < 1.29 is 23.8 Å². The second kappa shape index (κ2) is 8.64. The van der Waals surface area contributed by atoms with Crippen molar-refractivity contribution in [3.05, 3.63) is 18.3 Å². The summed E-state index contributed by atoms with van der Waals surface area (Å²) in [7, 11) is 0. The maximum atomic E-state index is 12.7. The molecular weight excluding hydrogens is 364 g/mol. The zero-order valence-electron chi connectivity index (χ0n) is 17.4. The molecule has 0 aromatic carbocycles. The molecule has 1 aromatic heterocycles. The van der Waals surface area contributed by atoms with Gasteiger partial charge in [-0.15, -0.1) is 0 Å². The van der Waals surface area contributed by atoms with E-state index in [1.165, 1.54) is 0 Å². The Morgan fingerprint density at radius 3 is 2.29 bits per heavy atom. The molecule has 0 radical (unpaired) electrons. The molecule has 0 unspecified atom stereocenters. The van der Waals surface area contributed by atoms with E-state index < -0.39 is 23.4 Å². The number of hydrogen-bond donors (Lipinski definition) is 1. The summed E-state index contributed by atoms with van der Waals surface area (Å²) >= 11 is 0. The number of nitrogens with one attached hydrogen (secondary N) is 1. The smallest absolute Gasteiger partial charge is 0.435 e. The van der Waals surface area contributed by atoms with E-state index >= 15 is 0 Å². The lowest BCUT2D eigenvalue weighted by Gasteiger charge is -2.31. The number of nitrogens with zero attached hydrogens (tertiary/aromatic N) is 3. The van der Waals surface area contributed by atoms with Gasteiger partial charge in [0, 0.05) is 31.0 Å². The van der Waals surface area contributed by atoms with Crippen LogP contribution >= 0.6 is 0 Å². The van der Waals surface area contributed by atoms with Crippen LogP contribution in [0.1, 0.15) is 41.5 Å². The Labute approximate surface area is 165 Å². The molecular formula is C19H30N4O5. The van der Waals surface area contributed by atoms with Gasteiger partial charge in [0.2, 0.25) is 0 Å². The van der Waals surface area contributed by atoms with Crippen LogP contribution in [0.3, 0.4) is 0 Å². The molecule has 2 heterocycles. The summed E-state index contributed by atoms with van der Waals surface area (Å²) in [5.74, 6) is 0.226. The largest absolute Gasteiger partial charge is 0.443 e. The summed E-state index contributed by atoms with van der Waals surface area (Å²) in [5.41, 5.74) is 1.84. The van der Waals surface area contributed by atoms with Crippen molar-refractivity contribution in [3.8, 4) is 0 Å². The second-order valence-corrected chi connectivity index (χ2v) is 8.40. The lowest BCUT2D eigenvalue weighted by molar-refractivity contribution is 0.0424. The molecule has 9 heteroatoms. The number of anilines is 2. The Morgan fingerprint density at radius 2 is 1.71 bits per heavy atom. The highest BCUT2D eigenvalue weighted by molar-refractivity contribution is 5.90. The van der Waals surface area contributed by atoms with Crippen LogP contribution in [0.2, 0.25) is 0 Å². The highest BCUT2D eigenvalue weighted by Gasteiger charge is 2.28. The van der Waals surface area contributed by atoms with Crippen molar-refractivity contribution in [1.29, 1.82) is 0 Å². The minimum atomic E-state index is -0.781. The number of ether oxygens (including phenoxy) is 3. The molecule has 156 valence electrons. The van der Waals surface area contributed by atoms with Gasteiger partial charge in [-0.25, -0.2) is 20.0 Å². The summed E-state index contributed by atoms with van der Waals surface area (Å²) in [6.07, 6.45) is 0.0378. The molecule has 2 rings (SSSR count). The van der Waals surface area contributed by atoms with Crippen LogP contribution in [0.25, 0.3) is 0 Å². The molecule has 0 bridgehead atoms. The van der Waals surface area contributed by atoms with E-state index in [-0.39, 0.29) is 5.82 Å². The molecule has 0 spiro atoms. The quantitative estimate of drug-likeness (QED) is 0.770. The number of hydrogen-bond acceptors (Lipinski definition) is 7. The average molecular weight is 394 g/mol. The first kappa shape index (κ1) is 21.7. The molecule has 1 fully saturated rings. The van der Waals surface area contributed by atoms with Gasteiger partial charge in [0.1, 0.15) is 11.2 Å². The van der Waals surface area contributed by atoms with Gasteiger partial charge in [-0.3, -0.25) is 0 Å². The van der Waals surface area contributed by atoms with Crippen LogP contribution in [-0.2, 0) is 14.2 Å². The summed E-state index contributed by atoms with van der Waals surface area (Å²) in [6, 6.07) is 3.56. The number of aromatic nitrogens is 1. The first-order chi connectivity index (χ1) is 12.9. The Balaban J connectivity index is 2.27. The SMILES string of the molecule is CC(C)(C)OC(=O)NN(C(=O)OC(C)(C)C)c1cc(N2CCOCC2)ccn1. The van der Waals surface area contributed by atoms with E-state index in [0.29, 0.717) is 13.2 Å². The predicted molar refractivity (Wildman–Crippen MR) is 105 cm³/mol. The van der Waals surface area contributed by atoms with Crippen LogP contribution in [0.4, 0.5) is 21.1 Å². The van der Waals surface area contributed by atoms with Crippen molar-refractivity contribution >= 4 is 23.7 Å². The maximum absolute atomic E-state index is 12.7. The average Bonchev–Trinajstić information content (AvgIpc) is 2.57. The highest BCUT2D eigenvalue weighted by Crippen LogP contribution is 2.22. The molecule has 1 N–H and O–H groups in total. The summed E-state index contributed by atoms with van der Waals surface area (Å²) in [4.78, 5) is 31.3. The van der Waals surface area contributed by atoms with E-state index in [1.54, 1.807) is 53.8 Å². The van der Waals surface area contributed by atoms with Crippen molar-refractivity contribution in [2.24, 2.45) is 0 Å². The third-order valence-corrected chi connectivity index (χ3v) is 3.51. The molecule has 0 saturated carbocycles. The standard InChI is InChI=1S/C19H30N4O5/c1-18(2,3)27-16(24)21-23(17(25)28-19(4,5)6)15-13-14(7-8-20-15)22-9-11-26-12-10-22/h7-8,13H,9-12H2,1-6H3,(H,21,24). The molecule has 1 aliphatic heterocycles. The number of rotatable bonds is 2. The van der Waals surface area contributed by atoms with E-state index in [4.69, 9.17) is 14.2 Å². The highest BCUT2D eigenvalue weighted by atomic mass is 16.6. The van der Waals surface area contributed by atoms with Gasteiger partial charge in [0.05, 0.1) is 13.2 Å². The van der Waals surface area contributed by atoms with Crippen LogP contribution < -0.4 is 15.3 Å². The fourth-order valence-corrected chi connectivity index (χ4v) is 2.44. The summed E-state index contributed by atoms with van der Waals surface area (Å²) in [6.45, 7) is 13.2. The molecule has 1 saturated heterocycles. The van der Waals surface area contributed by atoms with E-state index in [2.05, 4.69) is 15.3 Å². The molecule has 9 nitrogen and oxygen atoms in total. The third kappa shape index (κ3) is 6.88. The minimum Gasteiger partial charge on any atom is -0.443 e. The Hall–Kier alpha value is -2.55. The van der Waals surface area contributed by atoms with Crippen LogP contribution in [0, 0.1) is 0 Å². The lowest BCUT2D eigenvalue weighted by atomic mass is 10.2. The predicted octanol–water partition coefficient (Wildman–Crippen LogP) is 3.10. The molecule has 2 amide bonds. The molecule has 0 atom stereocenters. The molecule has 1 aliphatic rings. The minimum absolute atomic E-state index is 0.226. The van der Waals surface area contributed by atoms with Crippen LogP contribution in [0.5, 0.6) is 0 Å². The van der Waals surface area contributed by atoms with Gasteiger partial charge in [-0.2, -0.15) is 5.01 Å². The Bertz CT molecular complexity index is 690. The topological polar surface area (TPSA) is 93.2 Å². The number of morpholine rings is 1. The fourth-order valence-electron chi connectivity index (χ4n) is 2.44. The van der Waals surface area contributed by atoms with Gasteiger partial charge in [-0.1, -0.05) is 0 Å².